The van der Waals surface area contributed by atoms with Crippen LogP contribution in [0, 0.1) is 0 Å². The van der Waals surface area contributed by atoms with Crippen molar-refractivity contribution in [2.45, 2.75) is 24.6 Å². The SMILES string of the molecule is O=C(Nc1ccc(C(O)(C(F)F)C(F)F)cc1)c1cccn(-c2ccccc2OCC(F)(F)F)c1=O. The van der Waals surface area contributed by atoms with E-state index < -0.39 is 53.8 Å². The smallest absolute Gasteiger partial charge is 0.422 e. The first kappa shape index (κ1) is 26.7. The number of halogens is 7. The van der Waals surface area contributed by atoms with E-state index in [-0.39, 0.29) is 17.1 Å². The third kappa shape index (κ3) is 5.67. The number of pyridine rings is 1. The Labute approximate surface area is 198 Å². The van der Waals surface area contributed by atoms with Gasteiger partial charge in [0.2, 0.25) is 5.60 Å². The molecular weight excluding hydrogens is 501 g/mol. The summed E-state index contributed by atoms with van der Waals surface area (Å²) in [5.41, 5.74) is -5.99. The van der Waals surface area contributed by atoms with E-state index in [1.54, 1.807) is 0 Å². The maximum Gasteiger partial charge on any atom is 0.422 e. The minimum atomic E-state index is -4.63. The number of rotatable bonds is 8. The van der Waals surface area contributed by atoms with Crippen LogP contribution in [0.15, 0.2) is 71.7 Å². The number of amides is 1. The molecule has 3 aromatic rings. The summed E-state index contributed by atoms with van der Waals surface area (Å²) < 4.78 is 95.4. The Kier molecular flexibility index (Phi) is 7.72. The molecule has 2 aromatic carbocycles. The van der Waals surface area contributed by atoms with Gasteiger partial charge in [0.1, 0.15) is 11.3 Å². The first-order valence-corrected chi connectivity index (χ1v) is 10.1. The topological polar surface area (TPSA) is 80.6 Å². The summed E-state index contributed by atoms with van der Waals surface area (Å²) in [4.78, 5) is 25.6. The van der Waals surface area contributed by atoms with Crippen LogP contribution in [0.2, 0.25) is 0 Å². The molecule has 0 aliphatic rings. The van der Waals surface area contributed by atoms with Crippen molar-refractivity contribution in [2.75, 3.05) is 11.9 Å². The van der Waals surface area contributed by atoms with Crippen LogP contribution in [0.4, 0.5) is 36.4 Å². The van der Waals surface area contributed by atoms with Gasteiger partial charge < -0.3 is 15.2 Å². The van der Waals surface area contributed by atoms with E-state index in [9.17, 15) is 45.4 Å². The number of aromatic nitrogens is 1. The largest absolute Gasteiger partial charge is 0.482 e. The van der Waals surface area contributed by atoms with Gasteiger partial charge in [-0.3, -0.25) is 14.2 Å². The Balaban J connectivity index is 1.87. The molecule has 0 unspecified atom stereocenters. The first-order valence-electron chi connectivity index (χ1n) is 10.1. The molecule has 1 heterocycles. The fourth-order valence-electron chi connectivity index (χ4n) is 3.16. The van der Waals surface area contributed by atoms with Crippen LogP contribution in [0.25, 0.3) is 5.69 Å². The fraction of sp³-hybridized carbons (Fsp3) is 0.217. The molecule has 6 nitrogen and oxygen atoms in total. The molecule has 0 saturated carbocycles. The van der Waals surface area contributed by atoms with Crippen LogP contribution in [0.3, 0.4) is 0 Å². The molecule has 0 fully saturated rings. The lowest BCUT2D eigenvalue weighted by molar-refractivity contribution is -0.183. The molecule has 0 atom stereocenters. The van der Waals surface area contributed by atoms with Gasteiger partial charge in [-0.2, -0.15) is 13.2 Å². The standard InChI is InChI=1S/C23H17F7N2O4/c24-20(25)23(35,21(26)27)13-7-9-14(10-8-13)31-18(33)15-4-3-11-32(19(15)34)16-5-1-2-6-17(16)36-12-22(28,29)30/h1-11,20-21,35H,12H2,(H,31,33). The normalized spacial score (nSPS) is 12.2. The summed E-state index contributed by atoms with van der Waals surface area (Å²) in [6.07, 6.45) is -11.0. The first-order chi connectivity index (χ1) is 16.8. The van der Waals surface area contributed by atoms with Gasteiger partial charge in [0.25, 0.3) is 24.3 Å². The highest BCUT2D eigenvalue weighted by molar-refractivity contribution is 6.04. The Bertz CT molecular complexity index is 1270. The maximum atomic E-state index is 13.0. The number of aliphatic hydroxyl groups is 1. The number of anilines is 1. The van der Waals surface area contributed by atoms with E-state index in [0.717, 1.165) is 34.9 Å². The Morgan fingerprint density at radius 3 is 2.14 bits per heavy atom. The fourth-order valence-corrected chi connectivity index (χ4v) is 3.16. The number of hydrogen-bond donors (Lipinski definition) is 2. The number of nitrogens with one attached hydrogen (secondary N) is 1. The summed E-state index contributed by atoms with van der Waals surface area (Å²) in [5.74, 6) is -1.25. The molecule has 13 heteroatoms. The van der Waals surface area contributed by atoms with Gasteiger partial charge in [-0.25, -0.2) is 17.6 Å². The van der Waals surface area contributed by atoms with Crippen molar-refractivity contribution in [1.82, 2.24) is 4.57 Å². The summed E-state index contributed by atoms with van der Waals surface area (Å²) >= 11 is 0. The van der Waals surface area contributed by atoms with E-state index in [0.29, 0.717) is 0 Å². The summed E-state index contributed by atoms with van der Waals surface area (Å²) in [6, 6.07) is 11.3. The Morgan fingerprint density at radius 2 is 1.56 bits per heavy atom. The highest BCUT2D eigenvalue weighted by Gasteiger charge is 2.48. The zero-order valence-electron chi connectivity index (χ0n) is 18.0. The van der Waals surface area contributed by atoms with Crippen molar-refractivity contribution >= 4 is 11.6 Å². The zero-order chi connectivity index (χ0) is 26.7. The summed E-state index contributed by atoms with van der Waals surface area (Å²) in [7, 11) is 0. The highest BCUT2D eigenvalue weighted by atomic mass is 19.4. The van der Waals surface area contributed by atoms with Gasteiger partial charge >= 0.3 is 6.18 Å². The van der Waals surface area contributed by atoms with Crippen LogP contribution >= 0.6 is 0 Å². The Morgan fingerprint density at radius 1 is 0.944 bits per heavy atom. The van der Waals surface area contributed by atoms with Crippen LogP contribution < -0.4 is 15.6 Å². The molecule has 3 rings (SSSR count). The molecule has 0 aliphatic heterocycles. The van der Waals surface area contributed by atoms with E-state index in [4.69, 9.17) is 4.74 Å². The number of nitrogens with zero attached hydrogens (tertiary/aromatic N) is 1. The van der Waals surface area contributed by atoms with Crippen molar-refractivity contribution in [1.29, 1.82) is 0 Å². The van der Waals surface area contributed by atoms with Crippen LogP contribution in [-0.4, -0.2) is 41.2 Å². The lowest BCUT2D eigenvalue weighted by Crippen LogP contribution is -2.41. The monoisotopic (exact) mass is 518 g/mol. The van der Waals surface area contributed by atoms with Crippen molar-refractivity contribution in [3.8, 4) is 11.4 Å². The minimum absolute atomic E-state index is 0.0657. The molecule has 0 aliphatic carbocycles. The molecule has 192 valence electrons. The number of benzene rings is 2. The molecule has 0 spiro atoms. The van der Waals surface area contributed by atoms with E-state index >= 15 is 0 Å². The third-order valence-corrected chi connectivity index (χ3v) is 4.98. The van der Waals surface area contributed by atoms with Crippen LogP contribution in [0.1, 0.15) is 15.9 Å². The molecule has 1 amide bonds. The molecule has 0 radical (unpaired) electrons. The molecule has 1 aromatic heterocycles. The third-order valence-electron chi connectivity index (χ3n) is 4.98. The van der Waals surface area contributed by atoms with Crippen molar-refractivity contribution in [2.24, 2.45) is 0 Å². The number of carbonyl (C=O) groups excluding carboxylic acids is 1. The molecule has 36 heavy (non-hydrogen) atoms. The second-order valence-electron chi connectivity index (χ2n) is 7.43. The predicted molar refractivity (Wildman–Crippen MR) is 114 cm³/mol. The van der Waals surface area contributed by atoms with Gasteiger partial charge in [0, 0.05) is 11.9 Å². The zero-order valence-corrected chi connectivity index (χ0v) is 18.0. The predicted octanol–water partition coefficient (Wildman–Crippen LogP) is 4.75. The molecular formula is C23H17F7N2O4. The number of para-hydroxylation sites is 2. The van der Waals surface area contributed by atoms with E-state index in [1.807, 2.05) is 0 Å². The van der Waals surface area contributed by atoms with Crippen LogP contribution in [-0.2, 0) is 5.60 Å². The lowest BCUT2D eigenvalue weighted by atomic mass is 9.94. The van der Waals surface area contributed by atoms with E-state index in [1.165, 1.54) is 36.5 Å². The minimum Gasteiger partial charge on any atom is -0.482 e. The Hall–Kier alpha value is -3.87. The number of hydrogen-bond acceptors (Lipinski definition) is 4. The quantitative estimate of drug-likeness (QED) is 0.422. The van der Waals surface area contributed by atoms with Crippen molar-refractivity contribution in [3.63, 3.8) is 0 Å². The summed E-state index contributed by atoms with van der Waals surface area (Å²) in [5, 5.41) is 11.9. The van der Waals surface area contributed by atoms with Gasteiger partial charge in [0.15, 0.2) is 6.61 Å². The van der Waals surface area contributed by atoms with Crippen molar-refractivity contribution in [3.05, 3.63) is 88.3 Å². The second kappa shape index (κ2) is 10.4. The van der Waals surface area contributed by atoms with Gasteiger partial charge in [-0.15, -0.1) is 0 Å². The number of ether oxygens (including phenoxy) is 1. The van der Waals surface area contributed by atoms with E-state index in [2.05, 4.69) is 5.32 Å². The molecule has 0 saturated heterocycles. The van der Waals surface area contributed by atoms with Gasteiger partial charge in [-0.05, 0) is 42.0 Å². The average molecular weight is 518 g/mol. The van der Waals surface area contributed by atoms with Gasteiger partial charge in [-0.1, -0.05) is 24.3 Å². The maximum absolute atomic E-state index is 13.0. The lowest BCUT2D eigenvalue weighted by Gasteiger charge is -2.26. The highest BCUT2D eigenvalue weighted by Crippen LogP contribution is 2.35. The van der Waals surface area contributed by atoms with Crippen LogP contribution in [0.5, 0.6) is 5.75 Å². The van der Waals surface area contributed by atoms with Gasteiger partial charge in [0.05, 0.1) is 5.69 Å². The average Bonchev–Trinajstić information content (AvgIpc) is 2.82. The van der Waals surface area contributed by atoms with Crippen molar-refractivity contribution < 1.29 is 45.4 Å². The molecule has 2 N–H and O–H groups in total. The molecule has 0 bridgehead atoms. The number of alkyl halides is 7. The summed E-state index contributed by atoms with van der Waals surface area (Å²) in [6.45, 7) is -1.61. The second-order valence-corrected chi connectivity index (χ2v) is 7.43. The number of carbonyl (C=O) groups is 1.